The van der Waals surface area contributed by atoms with Gasteiger partial charge in [-0.25, -0.2) is 4.79 Å². The Morgan fingerprint density at radius 3 is 2.56 bits per heavy atom. The van der Waals surface area contributed by atoms with E-state index in [1.165, 1.54) is 6.07 Å². The summed E-state index contributed by atoms with van der Waals surface area (Å²) in [6.45, 7) is 3.67. The molecule has 144 valence electrons. The molecule has 27 heavy (non-hydrogen) atoms. The number of halogens is 1. The van der Waals surface area contributed by atoms with E-state index in [-0.39, 0.29) is 25.4 Å². The maximum absolute atomic E-state index is 12.2. The van der Waals surface area contributed by atoms with Crippen molar-refractivity contribution >= 4 is 23.7 Å². The molecule has 0 heterocycles. The third-order valence-electron chi connectivity index (χ3n) is 3.85. The van der Waals surface area contributed by atoms with Gasteiger partial charge in [-0.05, 0) is 37.1 Å². The van der Waals surface area contributed by atoms with Gasteiger partial charge in [-0.3, -0.25) is 4.79 Å². The summed E-state index contributed by atoms with van der Waals surface area (Å²) in [5.41, 5.74) is 1.69. The minimum atomic E-state index is -0.843. The molecule has 0 aliphatic carbocycles. The zero-order chi connectivity index (χ0) is 19.8. The first-order chi connectivity index (χ1) is 12.9. The summed E-state index contributed by atoms with van der Waals surface area (Å²) >= 11 is 6.07. The summed E-state index contributed by atoms with van der Waals surface area (Å²) in [5.74, 6) is -0.556. The van der Waals surface area contributed by atoms with Crippen molar-refractivity contribution in [2.45, 2.75) is 32.9 Å². The van der Waals surface area contributed by atoms with Crippen LogP contribution in [0.4, 0.5) is 4.79 Å². The zero-order valence-electron chi connectivity index (χ0n) is 15.2. The predicted octanol–water partition coefficient (Wildman–Crippen LogP) is 4.27. The maximum Gasteiger partial charge on any atom is 0.407 e. The summed E-state index contributed by atoms with van der Waals surface area (Å²) in [6.07, 6.45) is -0.882. The molecule has 2 N–H and O–H groups in total. The molecule has 0 saturated carbocycles. The molecule has 0 aliphatic rings. The van der Waals surface area contributed by atoms with Gasteiger partial charge in [-0.1, -0.05) is 41.9 Å². The van der Waals surface area contributed by atoms with E-state index in [1.54, 1.807) is 19.9 Å². The Hall–Kier alpha value is -2.73. The number of hydrogen-bond acceptors (Lipinski definition) is 5. The average molecular weight is 392 g/mol. The Bertz CT molecular complexity index is 794. The largest absolute Gasteiger partial charge is 0.507 e. The third kappa shape index (κ3) is 6.18. The van der Waals surface area contributed by atoms with Crippen LogP contribution in [0.5, 0.6) is 5.75 Å². The number of carbonyl (C=O) groups is 2. The Kier molecular flexibility index (Phi) is 7.49. The number of aryl methyl sites for hydroxylation is 1. The number of phenols is 1. The van der Waals surface area contributed by atoms with E-state index in [9.17, 15) is 14.7 Å². The monoisotopic (exact) mass is 391 g/mol. The molecule has 0 saturated heterocycles. The average Bonchev–Trinajstić information content (AvgIpc) is 2.63. The number of esters is 1. The number of ether oxygens (including phenoxy) is 2. The fraction of sp³-hybridized carbons (Fsp3) is 0.300. The van der Waals surface area contributed by atoms with Crippen LogP contribution in [0.1, 0.15) is 36.1 Å². The maximum atomic E-state index is 12.2. The number of benzene rings is 2. The van der Waals surface area contributed by atoms with Crippen molar-refractivity contribution < 1.29 is 24.2 Å². The number of phenolic OH excluding ortho intramolecular Hbond substituents is 1. The van der Waals surface area contributed by atoms with Crippen LogP contribution < -0.4 is 5.32 Å². The van der Waals surface area contributed by atoms with Crippen molar-refractivity contribution in [2.24, 2.45) is 0 Å². The Morgan fingerprint density at radius 1 is 1.19 bits per heavy atom. The van der Waals surface area contributed by atoms with Crippen molar-refractivity contribution in [3.05, 3.63) is 64.2 Å². The molecule has 0 aliphatic heterocycles. The van der Waals surface area contributed by atoms with Crippen molar-refractivity contribution in [1.82, 2.24) is 5.32 Å². The Balaban J connectivity index is 2.15. The molecule has 2 aromatic carbocycles. The fourth-order valence-electron chi connectivity index (χ4n) is 2.56. The number of hydrogen-bond donors (Lipinski definition) is 2. The number of carbonyl (C=O) groups excluding carboxylic acids is 2. The highest BCUT2D eigenvalue weighted by Gasteiger charge is 2.24. The van der Waals surface area contributed by atoms with E-state index in [4.69, 9.17) is 21.1 Å². The van der Waals surface area contributed by atoms with E-state index in [0.717, 1.165) is 5.56 Å². The van der Waals surface area contributed by atoms with Gasteiger partial charge in [0.15, 0.2) is 0 Å². The van der Waals surface area contributed by atoms with Crippen LogP contribution in [0.3, 0.4) is 0 Å². The highest BCUT2D eigenvalue weighted by atomic mass is 35.5. The van der Waals surface area contributed by atoms with Crippen molar-refractivity contribution in [2.75, 3.05) is 6.61 Å². The number of aromatic hydroxyl groups is 1. The van der Waals surface area contributed by atoms with Crippen molar-refractivity contribution in [3.63, 3.8) is 0 Å². The van der Waals surface area contributed by atoms with Gasteiger partial charge in [0.2, 0.25) is 0 Å². The first kappa shape index (κ1) is 20.6. The number of amides is 1. The summed E-state index contributed by atoms with van der Waals surface area (Å²) in [4.78, 5) is 24.2. The molecule has 2 aromatic rings. The van der Waals surface area contributed by atoms with Gasteiger partial charge in [-0.2, -0.15) is 0 Å². The summed E-state index contributed by atoms with van der Waals surface area (Å²) in [7, 11) is 0. The predicted molar refractivity (Wildman–Crippen MR) is 102 cm³/mol. The fourth-order valence-corrected chi connectivity index (χ4v) is 2.84. The van der Waals surface area contributed by atoms with E-state index < -0.39 is 18.1 Å². The van der Waals surface area contributed by atoms with E-state index in [2.05, 4.69) is 5.32 Å². The lowest BCUT2D eigenvalue weighted by atomic mass is 10.00. The number of rotatable bonds is 7. The highest BCUT2D eigenvalue weighted by molar-refractivity contribution is 6.30. The van der Waals surface area contributed by atoms with Gasteiger partial charge in [0, 0.05) is 10.6 Å². The molecule has 1 atom stereocenters. The molecule has 0 fully saturated rings. The lowest BCUT2D eigenvalue weighted by Gasteiger charge is -2.20. The van der Waals surface area contributed by atoms with Gasteiger partial charge < -0.3 is 19.9 Å². The van der Waals surface area contributed by atoms with Gasteiger partial charge in [0.25, 0.3) is 0 Å². The second-order valence-electron chi connectivity index (χ2n) is 5.93. The lowest BCUT2D eigenvalue weighted by molar-refractivity contribution is -0.143. The van der Waals surface area contributed by atoms with Crippen LogP contribution in [0.15, 0.2) is 42.5 Å². The summed E-state index contributed by atoms with van der Waals surface area (Å²) < 4.78 is 10.2. The second-order valence-corrected chi connectivity index (χ2v) is 6.36. The molecule has 0 aromatic heterocycles. The molecule has 0 unspecified atom stereocenters. The quantitative estimate of drug-likeness (QED) is 0.688. The van der Waals surface area contributed by atoms with E-state index in [1.807, 2.05) is 30.3 Å². The highest BCUT2D eigenvalue weighted by Crippen LogP contribution is 2.33. The molecular weight excluding hydrogens is 370 g/mol. The normalized spacial score (nSPS) is 11.5. The summed E-state index contributed by atoms with van der Waals surface area (Å²) in [6, 6.07) is 11.5. The molecule has 0 bridgehead atoms. The van der Waals surface area contributed by atoms with Gasteiger partial charge in [0.1, 0.15) is 12.4 Å². The van der Waals surface area contributed by atoms with Gasteiger partial charge in [0.05, 0.1) is 19.1 Å². The van der Waals surface area contributed by atoms with Crippen LogP contribution in [0, 0.1) is 6.92 Å². The molecule has 6 nitrogen and oxygen atoms in total. The molecule has 0 radical (unpaired) electrons. The standard InChI is InChI=1S/C20H22ClNO5/c1-3-26-18(23)11-17(16-10-15(21)9-13(2)19(16)24)22-20(25)27-12-14-7-5-4-6-8-14/h4-10,17,24H,3,11-12H2,1-2H3,(H,22,25)/t17-/m1/s1. The Morgan fingerprint density at radius 2 is 1.89 bits per heavy atom. The van der Waals surface area contributed by atoms with Crippen LogP contribution in [0.2, 0.25) is 5.02 Å². The molecule has 0 spiro atoms. The molecule has 2 rings (SSSR count). The SMILES string of the molecule is CCOC(=O)C[C@@H](NC(=O)OCc1ccccc1)c1cc(Cl)cc(C)c1O. The zero-order valence-corrected chi connectivity index (χ0v) is 16.0. The number of alkyl carbamates (subject to hydrolysis) is 1. The number of nitrogens with one attached hydrogen (secondary N) is 1. The van der Waals surface area contributed by atoms with Crippen LogP contribution in [0.25, 0.3) is 0 Å². The van der Waals surface area contributed by atoms with Crippen molar-refractivity contribution in [3.8, 4) is 5.75 Å². The van der Waals surface area contributed by atoms with E-state index in [0.29, 0.717) is 16.1 Å². The topological polar surface area (TPSA) is 84.9 Å². The van der Waals surface area contributed by atoms with Gasteiger partial charge in [-0.15, -0.1) is 0 Å². The van der Waals surface area contributed by atoms with E-state index >= 15 is 0 Å². The minimum Gasteiger partial charge on any atom is -0.507 e. The molecule has 1 amide bonds. The van der Waals surface area contributed by atoms with Crippen molar-refractivity contribution in [1.29, 1.82) is 0 Å². The minimum absolute atomic E-state index is 0.0444. The first-order valence-electron chi connectivity index (χ1n) is 8.52. The first-order valence-corrected chi connectivity index (χ1v) is 8.90. The second kappa shape index (κ2) is 9.83. The molecule has 7 heteroatoms. The summed E-state index contributed by atoms with van der Waals surface area (Å²) in [5, 5.41) is 13.3. The van der Waals surface area contributed by atoms with Crippen LogP contribution in [-0.2, 0) is 20.9 Å². The van der Waals surface area contributed by atoms with Crippen LogP contribution >= 0.6 is 11.6 Å². The van der Waals surface area contributed by atoms with Crippen LogP contribution in [-0.4, -0.2) is 23.8 Å². The smallest absolute Gasteiger partial charge is 0.407 e. The molecular formula is C20H22ClNO5. The van der Waals surface area contributed by atoms with Gasteiger partial charge >= 0.3 is 12.1 Å². The Labute approximate surface area is 163 Å². The third-order valence-corrected chi connectivity index (χ3v) is 4.07. The lowest BCUT2D eigenvalue weighted by Crippen LogP contribution is -2.31.